The molecule has 0 atom stereocenters. The fourth-order valence-corrected chi connectivity index (χ4v) is 2.89. The molecule has 1 fully saturated rings. The van der Waals surface area contributed by atoms with Gasteiger partial charge in [-0.25, -0.2) is 9.97 Å². The second-order valence-corrected chi connectivity index (χ2v) is 6.01. The predicted octanol–water partition coefficient (Wildman–Crippen LogP) is 1.74. The number of hydrogen-bond donors (Lipinski definition) is 1. The Morgan fingerprint density at radius 2 is 1.67 bits per heavy atom. The summed E-state index contributed by atoms with van der Waals surface area (Å²) in [6.45, 7) is 3.29. The number of rotatable bonds is 5. The summed E-state index contributed by atoms with van der Waals surface area (Å²) in [5.74, 6) is 2.83. The average Bonchev–Trinajstić information content (AvgIpc) is 2.75. The number of aromatic nitrogens is 5. The second kappa shape index (κ2) is 7.81. The van der Waals surface area contributed by atoms with E-state index in [4.69, 9.17) is 4.74 Å². The Bertz CT molecular complexity index is 866. The molecule has 0 aliphatic carbocycles. The highest BCUT2D eigenvalue weighted by atomic mass is 16.5. The minimum Gasteiger partial charge on any atom is -0.497 e. The van der Waals surface area contributed by atoms with Crippen molar-refractivity contribution in [3.63, 3.8) is 0 Å². The van der Waals surface area contributed by atoms with Crippen LogP contribution in [0.5, 0.6) is 5.75 Å². The summed E-state index contributed by atoms with van der Waals surface area (Å²) in [7, 11) is 1.64. The monoisotopic (exact) mass is 364 g/mol. The van der Waals surface area contributed by atoms with Gasteiger partial charge in [0.15, 0.2) is 5.82 Å². The van der Waals surface area contributed by atoms with Gasteiger partial charge in [0.1, 0.15) is 5.75 Å². The number of nitrogens with one attached hydrogen (secondary N) is 1. The second-order valence-electron chi connectivity index (χ2n) is 6.01. The average molecular weight is 364 g/mol. The largest absolute Gasteiger partial charge is 0.497 e. The minimum absolute atomic E-state index is 0.464. The minimum atomic E-state index is 0.464. The lowest BCUT2D eigenvalue weighted by molar-refractivity contribution is 0.415. The van der Waals surface area contributed by atoms with Crippen LogP contribution in [0.15, 0.2) is 48.9 Å². The molecule has 0 bridgehead atoms. The van der Waals surface area contributed by atoms with Crippen LogP contribution >= 0.6 is 0 Å². The molecule has 27 heavy (non-hydrogen) atoms. The molecule has 2 aromatic heterocycles. The Balaban J connectivity index is 1.40. The molecule has 1 aliphatic heterocycles. The molecule has 1 aromatic carbocycles. The van der Waals surface area contributed by atoms with E-state index in [9.17, 15) is 0 Å². The van der Waals surface area contributed by atoms with E-state index in [1.807, 2.05) is 30.3 Å². The Morgan fingerprint density at radius 1 is 0.963 bits per heavy atom. The molecule has 1 N–H and O–H groups in total. The highest BCUT2D eigenvalue weighted by Crippen LogP contribution is 2.20. The maximum absolute atomic E-state index is 5.17. The summed E-state index contributed by atoms with van der Waals surface area (Å²) in [4.78, 5) is 17.6. The summed E-state index contributed by atoms with van der Waals surface area (Å²) < 4.78 is 5.17. The molecular formula is C18H20N8O. The number of benzene rings is 1. The van der Waals surface area contributed by atoms with E-state index in [-0.39, 0.29) is 0 Å². The van der Waals surface area contributed by atoms with Gasteiger partial charge in [-0.2, -0.15) is 10.1 Å². The zero-order chi connectivity index (χ0) is 18.5. The molecule has 9 nitrogen and oxygen atoms in total. The van der Waals surface area contributed by atoms with E-state index in [1.165, 1.54) is 0 Å². The van der Waals surface area contributed by atoms with Gasteiger partial charge in [-0.1, -0.05) is 0 Å². The number of piperazine rings is 1. The van der Waals surface area contributed by atoms with E-state index in [0.29, 0.717) is 5.95 Å². The van der Waals surface area contributed by atoms with Crippen molar-refractivity contribution in [1.82, 2.24) is 25.1 Å². The smallest absolute Gasteiger partial charge is 0.249 e. The van der Waals surface area contributed by atoms with E-state index in [2.05, 4.69) is 40.3 Å². The van der Waals surface area contributed by atoms with Crippen LogP contribution in [0.25, 0.3) is 0 Å². The number of ether oxygens (including phenoxy) is 1. The van der Waals surface area contributed by atoms with Gasteiger partial charge in [-0.05, 0) is 30.3 Å². The zero-order valence-electron chi connectivity index (χ0n) is 15.0. The van der Waals surface area contributed by atoms with Crippen molar-refractivity contribution < 1.29 is 4.74 Å². The van der Waals surface area contributed by atoms with Crippen molar-refractivity contribution in [2.75, 3.05) is 48.4 Å². The third-order valence-corrected chi connectivity index (χ3v) is 4.33. The first-order valence-corrected chi connectivity index (χ1v) is 8.69. The van der Waals surface area contributed by atoms with E-state index in [0.717, 1.165) is 49.4 Å². The quantitative estimate of drug-likeness (QED) is 0.726. The first-order valence-electron chi connectivity index (χ1n) is 8.69. The van der Waals surface area contributed by atoms with E-state index in [1.54, 1.807) is 25.7 Å². The van der Waals surface area contributed by atoms with Crippen LogP contribution in [0.1, 0.15) is 0 Å². The Kier molecular flexibility index (Phi) is 4.91. The number of anilines is 4. The maximum Gasteiger partial charge on any atom is 0.249 e. The van der Waals surface area contributed by atoms with Crippen LogP contribution in [-0.2, 0) is 0 Å². The molecule has 138 valence electrons. The van der Waals surface area contributed by atoms with E-state index < -0.39 is 0 Å². The topological polar surface area (TPSA) is 92.2 Å². The molecule has 4 rings (SSSR count). The van der Waals surface area contributed by atoms with Crippen molar-refractivity contribution in [2.45, 2.75) is 0 Å². The van der Waals surface area contributed by atoms with Gasteiger partial charge in [0.2, 0.25) is 11.9 Å². The lowest BCUT2D eigenvalue weighted by Crippen LogP contribution is -2.47. The highest BCUT2D eigenvalue weighted by Gasteiger charge is 2.20. The Hall–Kier alpha value is -3.49. The van der Waals surface area contributed by atoms with Crippen LogP contribution in [0, 0.1) is 0 Å². The van der Waals surface area contributed by atoms with Crippen LogP contribution in [0.3, 0.4) is 0 Å². The fourth-order valence-electron chi connectivity index (χ4n) is 2.89. The number of nitrogens with zero attached hydrogens (tertiary/aromatic N) is 7. The van der Waals surface area contributed by atoms with Gasteiger partial charge < -0.3 is 19.9 Å². The highest BCUT2D eigenvalue weighted by molar-refractivity contribution is 5.55. The molecule has 0 radical (unpaired) electrons. The van der Waals surface area contributed by atoms with Gasteiger partial charge >= 0.3 is 0 Å². The standard InChI is InChI=1S/C18H20N8O/c1-27-15-5-3-14(4-6-15)22-17-23-16(13-21-24-17)25-9-11-26(12-10-25)18-19-7-2-8-20-18/h2-8,13H,9-12H2,1H3,(H,22,23,24). The molecular weight excluding hydrogens is 344 g/mol. The summed E-state index contributed by atoms with van der Waals surface area (Å²) in [6, 6.07) is 9.40. The SMILES string of the molecule is COc1ccc(Nc2nncc(N3CCN(c4ncccn4)CC3)n2)cc1. The van der Waals surface area contributed by atoms with Gasteiger partial charge in [0.25, 0.3) is 0 Å². The first-order chi connectivity index (χ1) is 13.3. The molecule has 3 heterocycles. The molecule has 0 saturated carbocycles. The van der Waals surface area contributed by atoms with Crippen molar-refractivity contribution in [1.29, 1.82) is 0 Å². The number of methoxy groups -OCH3 is 1. The molecule has 0 amide bonds. The maximum atomic E-state index is 5.17. The summed E-state index contributed by atoms with van der Waals surface area (Å²) in [6.07, 6.45) is 5.22. The van der Waals surface area contributed by atoms with Crippen LogP contribution in [-0.4, -0.2) is 58.4 Å². The molecule has 1 saturated heterocycles. The summed E-state index contributed by atoms with van der Waals surface area (Å²) >= 11 is 0. The van der Waals surface area contributed by atoms with Crippen molar-refractivity contribution in [3.8, 4) is 5.75 Å². The van der Waals surface area contributed by atoms with Crippen molar-refractivity contribution in [2.24, 2.45) is 0 Å². The van der Waals surface area contributed by atoms with Gasteiger partial charge in [0.05, 0.1) is 13.3 Å². The van der Waals surface area contributed by atoms with E-state index >= 15 is 0 Å². The molecule has 1 aliphatic rings. The fraction of sp³-hybridized carbons (Fsp3) is 0.278. The van der Waals surface area contributed by atoms with Crippen LogP contribution in [0.4, 0.5) is 23.4 Å². The molecule has 3 aromatic rings. The molecule has 9 heteroatoms. The summed E-state index contributed by atoms with van der Waals surface area (Å²) in [5, 5.41) is 11.3. The van der Waals surface area contributed by atoms with Crippen molar-refractivity contribution in [3.05, 3.63) is 48.9 Å². The molecule has 0 unspecified atom stereocenters. The van der Waals surface area contributed by atoms with Gasteiger partial charge in [-0.3, -0.25) is 0 Å². The van der Waals surface area contributed by atoms with Gasteiger partial charge in [-0.15, -0.1) is 5.10 Å². The molecule has 0 spiro atoms. The van der Waals surface area contributed by atoms with Crippen molar-refractivity contribution >= 4 is 23.4 Å². The van der Waals surface area contributed by atoms with Gasteiger partial charge in [0, 0.05) is 44.3 Å². The predicted molar refractivity (Wildman–Crippen MR) is 103 cm³/mol. The third-order valence-electron chi connectivity index (χ3n) is 4.33. The Morgan fingerprint density at radius 3 is 2.37 bits per heavy atom. The zero-order valence-corrected chi connectivity index (χ0v) is 15.0. The third kappa shape index (κ3) is 4.02. The lowest BCUT2D eigenvalue weighted by atomic mass is 10.3. The summed E-state index contributed by atoms with van der Waals surface area (Å²) in [5.41, 5.74) is 0.876. The normalized spacial score (nSPS) is 14.1. The number of hydrogen-bond acceptors (Lipinski definition) is 9. The van der Waals surface area contributed by atoms with Crippen LogP contribution in [0.2, 0.25) is 0 Å². The van der Waals surface area contributed by atoms with Crippen LogP contribution < -0.4 is 19.9 Å². The first kappa shape index (κ1) is 17.0. The lowest BCUT2D eigenvalue weighted by Gasteiger charge is -2.35. The Labute approximate surface area is 157 Å².